The standard InChI is InChI=1S/C19H23N3O4/c23-16-13-22(10-12-25-14-16)19(24)21-17-6-1-2-7-18(17)26-11-8-15-5-3-4-9-20-15/h1-7,9,16,23H,8,10-14H2,(H,21,24)/t16-/m0/s1. The Morgan fingerprint density at radius 1 is 1.31 bits per heavy atom. The van der Waals surface area contributed by atoms with Gasteiger partial charge in [-0.15, -0.1) is 0 Å². The predicted octanol–water partition coefficient (Wildman–Crippen LogP) is 1.93. The van der Waals surface area contributed by atoms with Gasteiger partial charge in [-0.2, -0.15) is 0 Å². The van der Waals surface area contributed by atoms with Gasteiger partial charge in [0, 0.05) is 24.9 Å². The first-order valence-corrected chi connectivity index (χ1v) is 8.66. The van der Waals surface area contributed by atoms with Crippen LogP contribution in [0.1, 0.15) is 5.69 Å². The van der Waals surface area contributed by atoms with Crippen LogP contribution >= 0.6 is 0 Å². The number of carbonyl (C=O) groups excluding carboxylic acids is 1. The van der Waals surface area contributed by atoms with E-state index in [1.54, 1.807) is 17.2 Å². The summed E-state index contributed by atoms with van der Waals surface area (Å²) in [5, 5.41) is 12.6. The molecule has 0 spiro atoms. The fraction of sp³-hybridized carbons (Fsp3) is 0.368. The minimum atomic E-state index is -0.673. The Bertz CT molecular complexity index is 711. The summed E-state index contributed by atoms with van der Waals surface area (Å²) in [6.07, 6.45) is 1.76. The number of rotatable bonds is 5. The van der Waals surface area contributed by atoms with E-state index < -0.39 is 6.10 Å². The van der Waals surface area contributed by atoms with Gasteiger partial charge >= 0.3 is 6.03 Å². The SMILES string of the molecule is O=C(Nc1ccccc1OCCc1ccccn1)N1CCOC[C@@H](O)C1. The van der Waals surface area contributed by atoms with Crippen LogP contribution in [0.2, 0.25) is 0 Å². The Balaban J connectivity index is 1.58. The largest absolute Gasteiger partial charge is 0.491 e. The molecule has 1 fully saturated rings. The summed E-state index contributed by atoms with van der Waals surface area (Å²) >= 11 is 0. The van der Waals surface area contributed by atoms with Crippen LogP contribution in [-0.4, -0.2) is 60.0 Å². The molecule has 0 aliphatic carbocycles. The van der Waals surface area contributed by atoms with Crippen LogP contribution in [-0.2, 0) is 11.2 Å². The van der Waals surface area contributed by atoms with Crippen LogP contribution in [0.4, 0.5) is 10.5 Å². The second-order valence-corrected chi connectivity index (χ2v) is 6.02. The molecule has 1 aromatic heterocycles. The zero-order chi connectivity index (χ0) is 18.2. The number of amides is 2. The highest BCUT2D eigenvalue weighted by molar-refractivity contribution is 5.91. The maximum atomic E-state index is 12.5. The molecule has 2 amide bonds. The van der Waals surface area contributed by atoms with E-state index in [0.29, 0.717) is 37.6 Å². The normalized spacial score (nSPS) is 17.4. The number of aromatic nitrogens is 1. The average molecular weight is 357 g/mol. The molecule has 2 heterocycles. The van der Waals surface area contributed by atoms with Crippen molar-refractivity contribution in [2.24, 2.45) is 0 Å². The third kappa shape index (κ3) is 5.18. The lowest BCUT2D eigenvalue weighted by Gasteiger charge is -2.22. The van der Waals surface area contributed by atoms with Crippen LogP contribution in [0.3, 0.4) is 0 Å². The molecule has 1 saturated heterocycles. The Hall–Kier alpha value is -2.64. The molecule has 3 rings (SSSR count). The molecule has 0 radical (unpaired) electrons. The van der Waals surface area contributed by atoms with Crippen LogP contribution in [0.5, 0.6) is 5.75 Å². The second-order valence-electron chi connectivity index (χ2n) is 6.02. The van der Waals surface area contributed by atoms with Crippen LogP contribution in [0.25, 0.3) is 0 Å². The van der Waals surface area contributed by atoms with Crippen LogP contribution < -0.4 is 10.1 Å². The summed E-state index contributed by atoms with van der Waals surface area (Å²) in [5.41, 5.74) is 1.55. The van der Waals surface area contributed by atoms with E-state index in [1.165, 1.54) is 0 Å². The molecule has 1 aliphatic rings. The molecule has 2 N–H and O–H groups in total. The fourth-order valence-electron chi connectivity index (χ4n) is 2.68. The van der Waals surface area contributed by atoms with Gasteiger partial charge < -0.3 is 24.8 Å². The average Bonchev–Trinajstić information content (AvgIpc) is 2.88. The number of nitrogens with zero attached hydrogens (tertiary/aromatic N) is 2. The van der Waals surface area contributed by atoms with Gasteiger partial charge in [-0.1, -0.05) is 18.2 Å². The number of aliphatic hydroxyl groups excluding tert-OH is 1. The lowest BCUT2D eigenvalue weighted by molar-refractivity contribution is 0.0575. The van der Waals surface area contributed by atoms with Crippen molar-refractivity contribution in [3.63, 3.8) is 0 Å². The topological polar surface area (TPSA) is 83.9 Å². The molecule has 1 aliphatic heterocycles. The smallest absolute Gasteiger partial charge is 0.322 e. The van der Waals surface area contributed by atoms with Gasteiger partial charge in [0.05, 0.1) is 38.2 Å². The van der Waals surface area contributed by atoms with Crippen molar-refractivity contribution in [3.8, 4) is 5.75 Å². The zero-order valence-electron chi connectivity index (χ0n) is 14.5. The maximum absolute atomic E-state index is 12.5. The molecule has 1 aromatic carbocycles. The summed E-state index contributed by atoms with van der Waals surface area (Å²) in [7, 11) is 0. The summed E-state index contributed by atoms with van der Waals surface area (Å²) in [6, 6.07) is 12.8. The van der Waals surface area contributed by atoms with E-state index in [4.69, 9.17) is 9.47 Å². The molecule has 0 bridgehead atoms. The summed E-state index contributed by atoms with van der Waals surface area (Å²) in [4.78, 5) is 18.3. The lowest BCUT2D eigenvalue weighted by atomic mass is 10.2. The van der Waals surface area contributed by atoms with Gasteiger partial charge in [-0.25, -0.2) is 4.79 Å². The number of aliphatic hydroxyl groups is 1. The van der Waals surface area contributed by atoms with Gasteiger partial charge in [0.25, 0.3) is 0 Å². The molecule has 2 aromatic rings. The fourth-order valence-corrected chi connectivity index (χ4v) is 2.68. The summed E-state index contributed by atoms with van der Waals surface area (Å²) in [6.45, 7) is 1.80. The molecular formula is C19H23N3O4. The van der Waals surface area contributed by atoms with Crippen molar-refractivity contribution in [2.45, 2.75) is 12.5 Å². The van der Waals surface area contributed by atoms with Gasteiger partial charge in [-0.05, 0) is 24.3 Å². The Kier molecular flexibility index (Phi) is 6.40. The molecule has 1 atom stereocenters. The van der Waals surface area contributed by atoms with Gasteiger partial charge in [0.15, 0.2) is 0 Å². The second kappa shape index (κ2) is 9.17. The van der Waals surface area contributed by atoms with Crippen molar-refractivity contribution in [3.05, 3.63) is 54.4 Å². The van der Waals surface area contributed by atoms with E-state index >= 15 is 0 Å². The highest BCUT2D eigenvalue weighted by Crippen LogP contribution is 2.24. The Labute approximate surface area is 152 Å². The van der Waals surface area contributed by atoms with Gasteiger partial charge in [-0.3, -0.25) is 4.98 Å². The monoisotopic (exact) mass is 357 g/mol. The first kappa shape index (κ1) is 18.2. The summed E-state index contributed by atoms with van der Waals surface area (Å²) in [5.74, 6) is 0.600. The van der Waals surface area contributed by atoms with Crippen LogP contribution in [0.15, 0.2) is 48.7 Å². The number of ether oxygens (including phenoxy) is 2. The van der Waals surface area contributed by atoms with E-state index in [-0.39, 0.29) is 19.2 Å². The minimum Gasteiger partial charge on any atom is -0.491 e. The number of para-hydroxylation sites is 2. The third-order valence-corrected chi connectivity index (χ3v) is 4.00. The number of carbonyl (C=O) groups is 1. The minimum absolute atomic E-state index is 0.245. The van der Waals surface area contributed by atoms with Crippen molar-refractivity contribution in [2.75, 3.05) is 38.2 Å². The van der Waals surface area contributed by atoms with Gasteiger partial charge in [0.2, 0.25) is 0 Å². The molecule has 0 unspecified atom stereocenters. The van der Waals surface area contributed by atoms with Crippen molar-refractivity contribution < 1.29 is 19.4 Å². The number of pyridine rings is 1. The first-order chi connectivity index (χ1) is 12.7. The predicted molar refractivity (Wildman–Crippen MR) is 97.3 cm³/mol. The van der Waals surface area contributed by atoms with Crippen molar-refractivity contribution in [1.29, 1.82) is 0 Å². The van der Waals surface area contributed by atoms with E-state index in [1.807, 2.05) is 36.4 Å². The van der Waals surface area contributed by atoms with Gasteiger partial charge in [0.1, 0.15) is 5.75 Å². The third-order valence-electron chi connectivity index (χ3n) is 4.00. The molecule has 7 nitrogen and oxygen atoms in total. The number of anilines is 1. The number of benzene rings is 1. The molecule has 26 heavy (non-hydrogen) atoms. The number of β-amino-alcohol motifs (C(OH)–C–C–N with tert-alkyl or cyclic N) is 1. The molecule has 0 saturated carbocycles. The number of hydrogen-bond donors (Lipinski definition) is 2. The highest BCUT2D eigenvalue weighted by atomic mass is 16.5. The van der Waals surface area contributed by atoms with Crippen molar-refractivity contribution in [1.82, 2.24) is 9.88 Å². The van der Waals surface area contributed by atoms with E-state index in [9.17, 15) is 9.90 Å². The molecular weight excluding hydrogens is 334 g/mol. The maximum Gasteiger partial charge on any atom is 0.322 e. The van der Waals surface area contributed by atoms with E-state index in [0.717, 1.165) is 5.69 Å². The van der Waals surface area contributed by atoms with Crippen LogP contribution in [0, 0.1) is 0 Å². The Morgan fingerprint density at radius 2 is 2.15 bits per heavy atom. The number of urea groups is 1. The first-order valence-electron chi connectivity index (χ1n) is 8.66. The summed E-state index contributed by atoms with van der Waals surface area (Å²) < 4.78 is 11.1. The molecule has 138 valence electrons. The highest BCUT2D eigenvalue weighted by Gasteiger charge is 2.21. The lowest BCUT2D eigenvalue weighted by Crippen LogP contribution is -2.40. The number of hydrogen-bond acceptors (Lipinski definition) is 5. The van der Waals surface area contributed by atoms with Crippen molar-refractivity contribution >= 4 is 11.7 Å². The Morgan fingerprint density at radius 3 is 3.00 bits per heavy atom. The zero-order valence-corrected chi connectivity index (χ0v) is 14.5. The quantitative estimate of drug-likeness (QED) is 0.854. The number of nitrogens with one attached hydrogen (secondary N) is 1. The molecule has 7 heteroatoms. The van der Waals surface area contributed by atoms with E-state index in [2.05, 4.69) is 10.3 Å².